The van der Waals surface area contributed by atoms with Crippen LogP contribution in [0.5, 0.6) is 46.5 Å². The largest absolute Gasteiger partial charge is 1.00 e. The molecular weight excluding hydrogens is 1640 g/mol. The Kier molecular flexibility index (Phi) is 35.1. The first kappa shape index (κ1) is 92.8. The van der Waals surface area contributed by atoms with Crippen LogP contribution in [0.25, 0.3) is 43.5 Å². The zero-order chi connectivity index (χ0) is 83.9. The van der Waals surface area contributed by atoms with Crippen molar-refractivity contribution in [2.45, 2.75) is 66.5 Å². The topological polar surface area (TPSA) is 478 Å². The summed E-state index contributed by atoms with van der Waals surface area (Å²) in [5.74, 6) is -3.79. The van der Waals surface area contributed by atoms with Crippen LogP contribution in [0.1, 0.15) is 132 Å². The van der Waals surface area contributed by atoms with Gasteiger partial charge in [-0.15, -0.1) is 0 Å². The number of carboxylic acid groups (broad SMARTS) is 2. The van der Waals surface area contributed by atoms with E-state index >= 15 is 0 Å². The summed E-state index contributed by atoms with van der Waals surface area (Å²) >= 11 is 24.5. The molecule has 1 aliphatic heterocycles. The maximum Gasteiger partial charge on any atom is 1.00 e. The summed E-state index contributed by atoms with van der Waals surface area (Å²) in [4.78, 5) is 69.2. The van der Waals surface area contributed by atoms with Crippen molar-refractivity contribution in [3.8, 4) is 46.5 Å². The summed E-state index contributed by atoms with van der Waals surface area (Å²) in [6, 6.07) is 16.6. The van der Waals surface area contributed by atoms with Crippen LogP contribution in [0.3, 0.4) is 0 Å². The number of hydrogen-bond acceptors (Lipinski definition) is 25. The summed E-state index contributed by atoms with van der Waals surface area (Å²) in [5, 5.41) is 43.3. The first-order chi connectivity index (χ1) is 55.7. The first-order valence-corrected chi connectivity index (χ1v) is 35.2. The van der Waals surface area contributed by atoms with Crippen molar-refractivity contribution in [2.75, 3.05) is 66.4 Å². The molecule has 0 saturated heterocycles. The van der Waals surface area contributed by atoms with Crippen molar-refractivity contribution in [1.29, 1.82) is 0 Å². The fraction of sp³-hybridized carbons (Fsp3) is 0.278. The van der Waals surface area contributed by atoms with Gasteiger partial charge in [0.25, 0.3) is 5.91 Å². The Labute approximate surface area is 698 Å². The fourth-order valence-electron chi connectivity index (χ4n) is 10.7. The van der Waals surface area contributed by atoms with Crippen LogP contribution in [0.15, 0.2) is 133 Å². The van der Waals surface area contributed by atoms with Gasteiger partial charge in [-0.05, 0) is 94.2 Å². The third-order valence-electron chi connectivity index (χ3n) is 15.8. The van der Waals surface area contributed by atoms with E-state index in [4.69, 9.17) is 107 Å². The van der Waals surface area contributed by atoms with Crippen LogP contribution in [0.2, 0.25) is 20.1 Å². The van der Waals surface area contributed by atoms with Crippen LogP contribution >= 0.6 is 46.4 Å². The van der Waals surface area contributed by atoms with Gasteiger partial charge in [-0.2, -0.15) is 40.3 Å². The Morgan fingerprint density at radius 3 is 1.44 bits per heavy atom. The van der Waals surface area contributed by atoms with Crippen LogP contribution in [0, 0.1) is 23.3 Å². The molecule has 0 radical (unpaired) electrons. The quantitative estimate of drug-likeness (QED) is 0.00830. The number of carbonyl (C=O) groups excluding carboxylic acids is 2. The van der Waals surface area contributed by atoms with Crippen molar-refractivity contribution in [3.63, 3.8) is 0 Å². The number of rotatable bonds is 24. The zero-order valence-corrected chi connectivity index (χ0v) is 65.1. The molecule has 618 valence electrons. The van der Waals surface area contributed by atoms with Gasteiger partial charge >= 0.3 is 36.8 Å². The minimum absolute atomic E-state index is 0. The number of esters is 1. The van der Waals surface area contributed by atoms with Gasteiger partial charge in [0.05, 0.1) is 115 Å². The van der Waals surface area contributed by atoms with E-state index in [-0.39, 0.29) is 197 Å². The van der Waals surface area contributed by atoms with E-state index in [9.17, 15) is 51.3 Å². The normalized spacial score (nSPS) is 12.7. The number of ether oxygens (including phenoxy) is 9. The summed E-state index contributed by atoms with van der Waals surface area (Å²) in [6.07, 6.45) is 8.45. The van der Waals surface area contributed by atoms with E-state index < -0.39 is 72.7 Å². The summed E-state index contributed by atoms with van der Waals surface area (Å²) < 4.78 is 128. The van der Waals surface area contributed by atoms with Crippen molar-refractivity contribution in [1.82, 2.24) is 63.7 Å². The molecule has 8 aromatic heterocycles. The Hall–Kier alpha value is -12.4. The van der Waals surface area contributed by atoms with E-state index in [2.05, 4.69) is 65.7 Å². The van der Waals surface area contributed by atoms with Crippen LogP contribution in [0.4, 0.5) is 22.0 Å². The maximum absolute atomic E-state index is 14.1. The number of halogens is 9. The zero-order valence-electron chi connectivity index (χ0n) is 63.1. The number of benzene rings is 4. The number of azide groups is 2. The predicted octanol–water partition coefficient (Wildman–Crippen LogP) is 12.1. The van der Waals surface area contributed by atoms with Crippen molar-refractivity contribution >= 4 is 92.8 Å². The van der Waals surface area contributed by atoms with Gasteiger partial charge < -0.3 is 69.4 Å². The van der Waals surface area contributed by atoms with Gasteiger partial charge in [0.2, 0.25) is 23.5 Å². The molecule has 4 atom stereocenters. The number of nitrogens with one attached hydrogen (secondary N) is 1. The molecule has 1 aliphatic rings. The molecular formula is C72H70Cl4F5LiN20O16. The Bertz CT molecular complexity index is 5660. The average molecular weight is 1720 g/mol. The number of alkyl halides is 1. The molecule has 13 rings (SSSR count). The molecule has 36 nitrogen and oxygen atoms in total. The second-order valence-electron chi connectivity index (χ2n) is 23.2. The van der Waals surface area contributed by atoms with E-state index in [1.807, 2.05) is 0 Å². The fourth-order valence-corrected chi connectivity index (χ4v) is 12.0. The number of carbonyl (C=O) groups is 4. The summed E-state index contributed by atoms with van der Waals surface area (Å²) in [5.41, 5.74) is 24.5. The van der Waals surface area contributed by atoms with E-state index in [0.29, 0.717) is 33.8 Å². The molecule has 6 N–H and O–H groups in total. The SMILES string of the molecule is C.CC(Oc1ccn2ncc(C(=O)O)c2n1)c1c(OCCN)ccc(F)c1Cl.CC(Oc1ccn2ncc(C(=O)O)c2n1)c1c(OCCN=[N+]=[N-])ccc(F)c1Cl.CC1Oc2ccn3ncc(c3n2)C(=O)NCCOc2ccc(F)c(Cl)c21.CCOC(=O)c1cnn2ccc(OC(C)c3c(OCCN=[N+]=[N-])ccc(F)c3Cl)nc12.[2H]CF.[Li+].[OH-]. The van der Waals surface area contributed by atoms with Gasteiger partial charge in [-0.3, -0.25) is 9.18 Å². The number of amides is 1. The van der Waals surface area contributed by atoms with Gasteiger partial charge in [-0.25, -0.2) is 50.0 Å². The third kappa shape index (κ3) is 23.0. The minimum atomic E-state index is -1.18. The second kappa shape index (κ2) is 44.6. The first-order valence-electron chi connectivity index (χ1n) is 34.4. The number of nitrogens with two attached hydrogens (primary N) is 1. The molecule has 46 heteroatoms. The van der Waals surface area contributed by atoms with Gasteiger partial charge in [-0.1, -0.05) is 64.1 Å². The minimum Gasteiger partial charge on any atom is -0.870 e. The molecule has 0 saturated carbocycles. The smallest absolute Gasteiger partial charge is 0.870 e. The van der Waals surface area contributed by atoms with Crippen molar-refractivity contribution in [2.24, 2.45) is 16.0 Å². The van der Waals surface area contributed by atoms with Gasteiger partial charge in [0, 0.05) is 65.4 Å². The standard InChI is InChI=1S/C19H18ClFN6O4.C17H14ClFN6O4.C17H16ClFN4O4.C17H14ClFN4O3.CH3F.CH4.Li.H2O/c1-3-29-19(28)12-10-24-27-8-6-15(25-18(12)27)31-11(2)16-14(30-9-7-23-26-22)5-4-13(21)17(16)20;1-9(14-12(28-7-5-21-24-20)3-2-11(19)15(14)18)29-13-4-6-25-16(23-13)10(8-22-25)17(26)27;1-9(14-12(26-7-5-20)3-2-11(19)15(14)18)27-13-4-6-23-16(22-13)10(8-21-23)17(24)25;1-9-14-12(3-2-11(19)15(14)18)25-7-5-20-17(24)10-8-21-23-6-4-13(26-9)22-16(10)23;1-2;;;/h4-6,8,10-11H,3,7,9H2,1-2H3;2-4,6,8-9H,5,7H2,1H3,(H,26,27);2-4,6,8-9H,5,7,20H2,1H3,(H,24,25);2-4,6,8-9H,5,7H2,1H3,(H,20,24);1H3;1H4;;1H2/q;;;;;;+1;/p-1/i;;;;1D;;;. The van der Waals surface area contributed by atoms with E-state index in [1.165, 1.54) is 110 Å². The van der Waals surface area contributed by atoms with Crippen molar-refractivity contribution in [3.05, 3.63) is 231 Å². The molecule has 2 bridgehead atoms. The Morgan fingerprint density at radius 2 is 1.02 bits per heavy atom. The Morgan fingerprint density at radius 1 is 0.627 bits per heavy atom. The number of aromatic nitrogens is 12. The van der Waals surface area contributed by atoms with Crippen LogP contribution < -0.4 is 67.8 Å². The molecule has 4 aromatic carbocycles. The summed E-state index contributed by atoms with van der Waals surface area (Å²) in [6.45, 7) is 9.79. The molecule has 118 heavy (non-hydrogen) atoms. The molecule has 12 aromatic rings. The summed E-state index contributed by atoms with van der Waals surface area (Å²) in [7, 11) is -1.00. The monoisotopic (exact) mass is 1710 g/mol. The molecule has 0 fully saturated rings. The van der Waals surface area contributed by atoms with E-state index in [1.54, 1.807) is 59.1 Å². The molecule has 1 amide bonds. The number of nitrogens with zero attached hydrogens (tertiary/aromatic N) is 18. The van der Waals surface area contributed by atoms with Crippen molar-refractivity contribution < 1.29 is 120 Å². The van der Waals surface area contributed by atoms with Gasteiger partial charge in [0.1, 0.15) is 106 Å². The van der Waals surface area contributed by atoms with Crippen LogP contribution in [-0.4, -0.2) is 164 Å². The maximum atomic E-state index is 14.1. The molecule has 9 heterocycles. The number of fused-ring (bicyclic) bond motifs is 5. The average Bonchev–Trinajstić information content (AvgIpc) is 1.67. The predicted molar refractivity (Wildman–Crippen MR) is 411 cm³/mol. The number of aromatic carboxylic acids is 2. The van der Waals surface area contributed by atoms with Gasteiger partial charge in [0.15, 0.2) is 22.6 Å². The Balaban J connectivity index is 0.000000242. The van der Waals surface area contributed by atoms with E-state index in [0.717, 1.165) is 6.07 Å². The van der Waals surface area contributed by atoms with Crippen LogP contribution in [-0.2, 0) is 4.74 Å². The molecule has 4 unspecified atom stereocenters. The molecule has 0 aliphatic carbocycles. The second-order valence-corrected chi connectivity index (χ2v) is 24.7. The number of hydrogen-bond donors (Lipinski definition) is 4. The third-order valence-corrected chi connectivity index (χ3v) is 17.3. The molecule has 0 spiro atoms. The number of carboxylic acids is 2.